The highest BCUT2D eigenvalue weighted by Crippen LogP contribution is 2.26. The van der Waals surface area contributed by atoms with Crippen molar-refractivity contribution < 1.29 is 9.53 Å². The number of hydrogen-bond acceptors (Lipinski definition) is 3. The van der Waals surface area contributed by atoms with E-state index < -0.39 is 0 Å². The van der Waals surface area contributed by atoms with E-state index in [1.54, 1.807) is 0 Å². The summed E-state index contributed by atoms with van der Waals surface area (Å²) in [6.45, 7) is 11.0. The molecule has 2 rings (SSSR count). The number of nitrogens with one attached hydrogen (secondary N) is 1. The minimum absolute atomic E-state index is 0.0356. The number of anilines is 1. The maximum Gasteiger partial charge on any atom is 0.241 e. The molecule has 0 saturated carbocycles. The van der Waals surface area contributed by atoms with Gasteiger partial charge in [0.1, 0.15) is 5.75 Å². The number of likely N-dealkylation sites (tertiary alicyclic amines) is 1. The molecule has 1 amide bonds. The highest BCUT2D eigenvalue weighted by atomic mass is 16.5. The fourth-order valence-corrected chi connectivity index (χ4v) is 3.28. The summed E-state index contributed by atoms with van der Waals surface area (Å²) < 4.78 is 5.57. The average molecular weight is 304 g/mol. The van der Waals surface area contributed by atoms with Gasteiger partial charge in [0.05, 0.1) is 18.3 Å². The molecule has 4 heteroatoms. The second-order valence-corrected chi connectivity index (χ2v) is 6.49. The average Bonchev–Trinajstić information content (AvgIpc) is 2.47. The Morgan fingerprint density at radius 3 is 2.59 bits per heavy atom. The summed E-state index contributed by atoms with van der Waals surface area (Å²) in [6, 6.07) is 7.47. The fourth-order valence-electron chi connectivity index (χ4n) is 3.28. The van der Waals surface area contributed by atoms with E-state index in [0.717, 1.165) is 24.5 Å². The van der Waals surface area contributed by atoms with Crippen molar-refractivity contribution in [1.29, 1.82) is 0 Å². The predicted molar refractivity (Wildman–Crippen MR) is 90.2 cm³/mol. The molecule has 1 N–H and O–H groups in total. The molecule has 0 aromatic heterocycles. The lowest BCUT2D eigenvalue weighted by atomic mass is 9.91. The Kier molecular flexibility index (Phi) is 5.83. The second kappa shape index (κ2) is 7.63. The number of ether oxygens (including phenoxy) is 1. The SMILES string of the molecule is CCOc1ccccc1NC(=O)C(C)N1CC(C)CC(C)C1. The summed E-state index contributed by atoms with van der Waals surface area (Å²) in [5, 5.41) is 3.02. The van der Waals surface area contributed by atoms with Gasteiger partial charge >= 0.3 is 0 Å². The van der Waals surface area contributed by atoms with Gasteiger partial charge in [-0.3, -0.25) is 9.69 Å². The molecule has 3 unspecified atom stereocenters. The lowest BCUT2D eigenvalue weighted by Gasteiger charge is -2.38. The smallest absolute Gasteiger partial charge is 0.241 e. The molecule has 22 heavy (non-hydrogen) atoms. The van der Waals surface area contributed by atoms with Crippen molar-refractivity contribution in [2.45, 2.75) is 40.2 Å². The van der Waals surface area contributed by atoms with Crippen LogP contribution in [-0.4, -0.2) is 36.5 Å². The quantitative estimate of drug-likeness (QED) is 0.906. The van der Waals surface area contributed by atoms with E-state index in [4.69, 9.17) is 4.74 Å². The highest BCUT2D eigenvalue weighted by molar-refractivity contribution is 5.95. The molecular weight excluding hydrogens is 276 g/mol. The monoisotopic (exact) mass is 304 g/mol. The molecule has 4 nitrogen and oxygen atoms in total. The molecule has 1 heterocycles. The van der Waals surface area contributed by atoms with E-state index in [2.05, 4.69) is 24.1 Å². The van der Waals surface area contributed by atoms with Gasteiger partial charge < -0.3 is 10.1 Å². The number of benzene rings is 1. The van der Waals surface area contributed by atoms with Crippen LogP contribution in [0.5, 0.6) is 5.75 Å². The van der Waals surface area contributed by atoms with Crippen LogP contribution < -0.4 is 10.1 Å². The Labute approximate surface area is 133 Å². The third-order valence-corrected chi connectivity index (χ3v) is 4.27. The molecule has 3 atom stereocenters. The molecule has 1 aliphatic rings. The van der Waals surface area contributed by atoms with Crippen molar-refractivity contribution in [2.24, 2.45) is 11.8 Å². The first-order chi connectivity index (χ1) is 10.5. The maximum absolute atomic E-state index is 12.6. The van der Waals surface area contributed by atoms with Crippen LogP contribution in [0.1, 0.15) is 34.1 Å². The molecular formula is C18H28N2O2. The summed E-state index contributed by atoms with van der Waals surface area (Å²) in [6.07, 6.45) is 1.25. The van der Waals surface area contributed by atoms with Crippen LogP contribution in [0.2, 0.25) is 0 Å². The molecule has 0 bridgehead atoms. The number of nitrogens with zero attached hydrogens (tertiary/aromatic N) is 1. The zero-order valence-electron chi connectivity index (χ0n) is 14.1. The van der Waals surface area contributed by atoms with Crippen molar-refractivity contribution in [1.82, 2.24) is 4.90 Å². The van der Waals surface area contributed by atoms with Crippen molar-refractivity contribution in [3.63, 3.8) is 0 Å². The third kappa shape index (κ3) is 4.23. The van der Waals surface area contributed by atoms with Crippen molar-refractivity contribution in [3.05, 3.63) is 24.3 Å². The van der Waals surface area contributed by atoms with Gasteiger partial charge in [-0.05, 0) is 44.2 Å². The van der Waals surface area contributed by atoms with Gasteiger partial charge in [0.15, 0.2) is 0 Å². The van der Waals surface area contributed by atoms with Crippen LogP contribution in [0.25, 0.3) is 0 Å². The summed E-state index contributed by atoms with van der Waals surface area (Å²) >= 11 is 0. The Hall–Kier alpha value is -1.55. The number of hydrogen-bond donors (Lipinski definition) is 1. The van der Waals surface area contributed by atoms with Crippen molar-refractivity contribution >= 4 is 11.6 Å². The Morgan fingerprint density at radius 1 is 1.32 bits per heavy atom. The summed E-state index contributed by atoms with van der Waals surface area (Å²) in [4.78, 5) is 14.9. The van der Waals surface area contributed by atoms with Crippen LogP contribution in [0.15, 0.2) is 24.3 Å². The van der Waals surface area contributed by atoms with E-state index in [1.165, 1.54) is 6.42 Å². The Morgan fingerprint density at radius 2 is 1.95 bits per heavy atom. The molecule has 1 aromatic carbocycles. The van der Waals surface area contributed by atoms with Crippen LogP contribution in [0.4, 0.5) is 5.69 Å². The van der Waals surface area contributed by atoms with Gasteiger partial charge in [-0.1, -0.05) is 26.0 Å². The van der Waals surface area contributed by atoms with Crippen LogP contribution in [0, 0.1) is 11.8 Å². The van der Waals surface area contributed by atoms with Gasteiger partial charge in [-0.15, -0.1) is 0 Å². The Bertz CT molecular complexity index is 494. The van der Waals surface area contributed by atoms with E-state index in [1.807, 2.05) is 38.1 Å². The first-order valence-electron chi connectivity index (χ1n) is 8.28. The van der Waals surface area contributed by atoms with E-state index in [0.29, 0.717) is 18.4 Å². The summed E-state index contributed by atoms with van der Waals surface area (Å²) in [7, 11) is 0. The highest BCUT2D eigenvalue weighted by Gasteiger charge is 2.29. The van der Waals surface area contributed by atoms with E-state index >= 15 is 0 Å². The predicted octanol–water partition coefficient (Wildman–Crippen LogP) is 3.39. The molecule has 1 fully saturated rings. The number of carbonyl (C=O) groups is 1. The third-order valence-electron chi connectivity index (χ3n) is 4.27. The zero-order chi connectivity index (χ0) is 16.1. The van der Waals surface area contributed by atoms with Crippen molar-refractivity contribution in [2.75, 3.05) is 25.0 Å². The Balaban J connectivity index is 2.02. The first-order valence-corrected chi connectivity index (χ1v) is 8.28. The summed E-state index contributed by atoms with van der Waals surface area (Å²) in [5.74, 6) is 2.06. The zero-order valence-corrected chi connectivity index (χ0v) is 14.1. The normalized spacial score (nSPS) is 23.8. The minimum Gasteiger partial charge on any atom is -0.492 e. The van der Waals surface area contributed by atoms with Gasteiger partial charge in [0, 0.05) is 13.1 Å². The standard InChI is InChI=1S/C18H28N2O2/c1-5-22-17-9-7-6-8-16(17)19-18(21)15(4)20-11-13(2)10-14(3)12-20/h6-9,13-15H,5,10-12H2,1-4H3,(H,19,21). The fraction of sp³-hybridized carbons (Fsp3) is 0.611. The summed E-state index contributed by atoms with van der Waals surface area (Å²) in [5.41, 5.74) is 0.749. The van der Waals surface area contributed by atoms with Crippen LogP contribution in [-0.2, 0) is 4.79 Å². The number of para-hydroxylation sites is 2. The number of piperidine rings is 1. The topological polar surface area (TPSA) is 41.6 Å². The van der Waals surface area contributed by atoms with E-state index in [-0.39, 0.29) is 11.9 Å². The molecule has 0 aliphatic carbocycles. The van der Waals surface area contributed by atoms with Gasteiger partial charge in [0.25, 0.3) is 0 Å². The largest absolute Gasteiger partial charge is 0.492 e. The number of carbonyl (C=O) groups excluding carboxylic acids is 1. The van der Waals surface area contributed by atoms with E-state index in [9.17, 15) is 4.79 Å². The van der Waals surface area contributed by atoms with Gasteiger partial charge in [-0.25, -0.2) is 0 Å². The molecule has 122 valence electrons. The number of amides is 1. The lowest BCUT2D eigenvalue weighted by Crippen LogP contribution is -2.48. The number of rotatable bonds is 5. The molecule has 1 aromatic rings. The molecule has 1 saturated heterocycles. The second-order valence-electron chi connectivity index (χ2n) is 6.49. The minimum atomic E-state index is -0.125. The first kappa shape index (κ1) is 16.8. The molecule has 0 radical (unpaired) electrons. The van der Waals surface area contributed by atoms with Crippen LogP contribution >= 0.6 is 0 Å². The maximum atomic E-state index is 12.6. The van der Waals surface area contributed by atoms with Gasteiger partial charge in [-0.2, -0.15) is 0 Å². The molecule has 0 spiro atoms. The van der Waals surface area contributed by atoms with Gasteiger partial charge in [0.2, 0.25) is 5.91 Å². The van der Waals surface area contributed by atoms with Crippen molar-refractivity contribution in [3.8, 4) is 5.75 Å². The molecule has 1 aliphatic heterocycles. The van der Waals surface area contributed by atoms with Crippen LogP contribution in [0.3, 0.4) is 0 Å². The lowest BCUT2D eigenvalue weighted by molar-refractivity contribution is -0.121.